The number of benzene rings is 2. The standard InChI is InChI=1S/C15H19.C10H9.Zr/c1-2-3-4-5-8-13-11-12-14-9-6-7-10-15(13)14;1-8-6-7-9-4-2-3-5-10(8)9;/h4,6-7,9-13H,2-3,5,8H2,1H3;2-8H,1H2;/q2*-1;+2. The Labute approximate surface area is 178 Å². The first-order valence-electron chi connectivity index (χ1n) is 9.48. The van der Waals surface area contributed by atoms with Crippen molar-refractivity contribution in [2.24, 2.45) is 0 Å². The maximum Gasteiger partial charge on any atom is 2.00 e. The maximum absolute atomic E-state index is 3.99. The Hall–Kier alpha value is -1.20. The molecule has 26 heavy (non-hydrogen) atoms. The predicted molar refractivity (Wildman–Crippen MR) is 110 cm³/mol. The van der Waals surface area contributed by atoms with Crippen molar-refractivity contribution in [2.75, 3.05) is 0 Å². The molecule has 0 radical (unpaired) electrons. The number of hydrogen-bond acceptors (Lipinski definition) is 0. The van der Waals surface area contributed by atoms with E-state index in [-0.39, 0.29) is 26.2 Å². The van der Waals surface area contributed by atoms with Gasteiger partial charge in [0, 0.05) is 5.92 Å². The van der Waals surface area contributed by atoms with Crippen molar-refractivity contribution in [1.29, 1.82) is 0 Å². The first kappa shape index (κ1) is 21.1. The Balaban J connectivity index is 0.000000193. The number of fused-ring (bicyclic) bond motifs is 2. The van der Waals surface area contributed by atoms with Crippen LogP contribution in [0.15, 0.2) is 60.7 Å². The fourth-order valence-electron chi connectivity index (χ4n) is 3.55. The molecule has 2 atom stereocenters. The van der Waals surface area contributed by atoms with E-state index in [2.05, 4.69) is 93.1 Å². The third-order valence-corrected chi connectivity index (χ3v) is 4.98. The molecule has 0 saturated carbocycles. The van der Waals surface area contributed by atoms with Crippen LogP contribution in [0.1, 0.15) is 66.7 Å². The van der Waals surface area contributed by atoms with Gasteiger partial charge in [-0.05, 0) is 16.7 Å². The second kappa shape index (κ2) is 10.8. The second-order valence-electron chi connectivity index (χ2n) is 6.84. The maximum atomic E-state index is 3.99. The molecule has 0 spiro atoms. The SMILES string of the molecule is CCC[CH-]CCC1C=Cc2ccccc21.[CH2-]C1C=Cc2ccccc21.[Zr+2]. The van der Waals surface area contributed by atoms with Crippen LogP contribution in [-0.4, -0.2) is 0 Å². The van der Waals surface area contributed by atoms with Crippen LogP contribution >= 0.6 is 0 Å². The Morgan fingerprint density at radius 1 is 0.846 bits per heavy atom. The monoisotopic (exact) mass is 418 g/mol. The van der Waals surface area contributed by atoms with Crippen LogP contribution in [0.3, 0.4) is 0 Å². The van der Waals surface area contributed by atoms with Crippen molar-refractivity contribution in [3.63, 3.8) is 0 Å². The number of rotatable bonds is 5. The van der Waals surface area contributed by atoms with Gasteiger partial charge in [-0.2, -0.15) is 12.8 Å². The van der Waals surface area contributed by atoms with Crippen LogP contribution in [0.25, 0.3) is 12.2 Å². The molecule has 0 heterocycles. The minimum Gasteiger partial charge on any atom is -0.332 e. The smallest absolute Gasteiger partial charge is 0.332 e. The molecule has 2 aliphatic carbocycles. The fourth-order valence-corrected chi connectivity index (χ4v) is 3.55. The first-order valence-corrected chi connectivity index (χ1v) is 9.48. The van der Waals surface area contributed by atoms with E-state index in [1.54, 1.807) is 0 Å². The van der Waals surface area contributed by atoms with Crippen molar-refractivity contribution in [3.05, 3.63) is 96.3 Å². The Kier molecular flexibility index (Phi) is 8.79. The van der Waals surface area contributed by atoms with Gasteiger partial charge in [0.15, 0.2) is 0 Å². The molecule has 2 aliphatic rings. The molecule has 0 aliphatic heterocycles. The van der Waals surface area contributed by atoms with Crippen LogP contribution in [0, 0.1) is 13.3 Å². The molecule has 132 valence electrons. The molecule has 0 N–H and O–H groups in total. The van der Waals surface area contributed by atoms with Crippen molar-refractivity contribution in [1.82, 2.24) is 0 Å². The van der Waals surface area contributed by atoms with Crippen LogP contribution in [0.4, 0.5) is 0 Å². The van der Waals surface area contributed by atoms with Crippen LogP contribution in [-0.2, 0) is 26.2 Å². The molecule has 2 aromatic rings. The summed E-state index contributed by atoms with van der Waals surface area (Å²) < 4.78 is 0. The predicted octanol–water partition coefficient (Wildman–Crippen LogP) is 7.21. The topological polar surface area (TPSA) is 0 Å². The minimum atomic E-state index is 0. The van der Waals surface area contributed by atoms with Crippen molar-refractivity contribution in [3.8, 4) is 0 Å². The molecule has 2 unspecified atom stereocenters. The molecule has 0 bridgehead atoms. The summed E-state index contributed by atoms with van der Waals surface area (Å²) in [5, 5.41) is 0. The summed E-state index contributed by atoms with van der Waals surface area (Å²) in [4.78, 5) is 0. The molecule has 0 saturated heterocycles. The second-order valence-corrected chi connectivity index (χ2v) is 6.84. The van der Waals surface area contributed by atoms with E-state index in [0.29, 0.717) is 11.8 Å². The Bertz CT molecular complexity index is 741. The average Bonchev–Trinajstić information content (AvgIpc) is 3.24. The van der Waals surface area contributed by atoms with E-state index in [9.17, 15) is 0 Å². The third kappa shape index (κ3) is 5.40. The van der Waals surface area contributed by atoms with Crippen LogP contribution in [0.5, 0.6) is 0 Å². The van der Waals surface area contributed by atoms with Crippen LogP contribution < -0.4 is 0 Å². The van der Waals surface area contributed by atoms with Gasteiger partial charge < -0.3 is 13.3 Å². The average molecular weight is 420 g/mol. The van der Waals surface area contributed by atoms with Crippen LogP contribution in [0.2, 0.25) is 0 Å². The molecule has 4 rings (SSSR count). The minimum absolute atomic E-state index is 0. The molecule has 2 aromatic carbocycles. The summed E-state index contributed by atoms with van der Waals surface area (Å²) in [7, 11) is 0. The van der Waals surface area contributed by atoms with Gasteiger partial charge in [-0.25, -0.2) is 0 Å². The molecule has 0 aromatic heterocycles. The van der Waals surface area contributed by atoms with Gasteiger partial charge in [-0.3, -0.25) is 0 Å². The quantitative estimate of drug-likeness (QED) is 0.355. The molecule has 0 fully saturated rings. The molecule has 0 nitrogen and oxygen atoms in total. The zero-order chi connectivity index (χ0) is 17.5. The molecule has 1 heteroatoms. The third-order valence-electron chi connectivity index (χ3n) is 4.98. The van der Waals surface area contributed by atoms with E-state index >= 15 is 0 Å². The summed E-state index contributed by atoms with van der Waals surface area (Å²) in [6, 6.07) is 17.1. The van der Waals surface area contributed by atoms with Gasteiger partial charge in [0.05, 0.1) is 0 Å². The van der Waals surface area contributed by atoms with Gasteiger partial charge in [0.2, 0.25) is 0 Å². The normalized spacial score (nSPS) is 18.5. The Morgan fingerprint density at radius 3 is 2.15 bits per heavy atom. The fraction of sp³-hybridized carbons (Fsp3) is 0.280. The van der Waals surface area contributed by atoms with Gasteiger partial charge >= 0.3 is 26.2 Å². The summed E-state index contributed by atoms with van der Waals surface area (Å²) >= 11 is 0. The van der Waals surface area contributed by atoms with E-state index in [0.717, 1.165) is 0 Å². The van der Waals surface area contributed by atoms with E-state index < -0.39 is 0 Å². The van der Waals surface area contributed by atoms with Gasteiger partial charge in [-0.15, -0.1) is 12.0 Å². The summed E-state index contributed by atoms with van der Waals surface area (Å²) in [5.41, 5.74) is 5.60. The zero-order valence-electron chi connectivity index (χ0n) is 15.7. The van der Waals surface area contributed by atoms with Crippen molar-refractivity contribution < 1.29 is 26.2 Å². The van der Waals surface area contributed by atoms with E-state index in [1.165, 1.54) is 47.9 Å². The molecular weight excluding hydrogens is 391 g/mol. The van der Waals surface area contributed by atoms with E-state index in [4.69, 9.17) is 0 Å². The van der Waals surface area contributed by atoms with E-state index in [1.807, 2.05) is 0 Å². The zero-order valence-corrected chi connectivity index (χ0v) is 18.2. The number of unbranched alkanes of at least 4 members (excludes halogenated alkanes) is 3. The molecular formula is C25H28Zr. The Morgan fingerprint density at radius 2 is 1.46 bits per heavy atom. The summed E-state index contributed by atoms with van der Waals surface area (Å²) in [5.74, 6) is 1.03. The largest absolute Gasteiger partial charge is 2.00 e. The van der Waals surface area contributed by atoms with Crippen molar-refractivity contribution in [2.45, 2.75) is 44.4 Å². The summed E-state index contributed by atoms with van der Waals surface area (Å²) in [6.07, 6.45) is 16.4. The number of hydrogen-bond donors (Lipinski definition) is 0. The van der Waals surface area contributed by atoms with Gasteiger partial charge in [0.25, 0.3) is 0 Å². The molecule has 0 amide bonds. The number of allylic oxidation sites excluding steroid dienone is 2. The van der Waals surface area contributed by atoms with Gasteiger partial charge in [-0.1, -0.05) is 92.1 Å². The van der Waals surface area contributed by atoms with Gasteiger partial charge in [0.1, 0.15) is 0 Å². The van der Waals surface area contributed by atoms with Crippen molar-refractivity contribution >= 4 is 12.2 Å². The summed E-state index contributed by atoms with van der Waals surface area (Å²) in [6.45, 7) is 6.23. The first-order chi connectivity index (χ1) is 12.3.